The molecule has 4 rings (SSSR count). The van der Waals surface area contributed by atoms with Crippen LogP contribution in [0, 0.1) is 20.8 Å². The zero-order valence-electron chi connectivity index (χ0n) is 17.3. The molecule has 0 unspecified atom stereocenters. The molecular weight excluding hydrogens is 396 g/mol. The molecule has 2 heterocycles. The number of carbonyl (C=O) groups excluding carboxylic acids is 1. The highest BCUT2D eigenvalue weighted by Crippen LogP contribution is 2.32. The largest absolute Gasteiger partial charge is 0.423 e. The summed E-state index contributed by atoms with van der Waals surface area (Å²) in [5, 5.41) is 10.8. The zero-order valence-corrected chi connectivity index (χ0v) is 17.3. The van der Waals surface area contributed by atoms with Gasteiger partial charge in [-0.25, -0.2) is 4.79 Å². The van der Waals surface area contributed by atoms with E-state index in [9.17, 15) is 14.4 Å². The third kappa shape index (κ3) is 3.87. The van der Waals surface area contributed by atoms with Crippen LogP contribution in [-0.2, 0) is 0 Å². The number of esters is 1. The predicted octanol–water partition coefficient (Wildman–Crippen LogP) is 3.04. The van der Waals surface area contributed by atoms with Crippen LogP contribution in [-0.4, -0.2) is 26.4 Å². The van der Waals surface area contributed by atoms with Crippen molar-refractivity contribution in [3.63, 3.8) is 0 Å². The molecule has 2 aromatic heterocycles. The second kappa shape index (κ2) is 7.98. The minimum atomic E-state index is -0.650. The Morgan fingerprint density at radius 2 is 1.39 bits per heavy atom. The van der Waals surface area contributed by atoms with Crippen molar-refractivity contribution < 1.29 is 9.53 Å². The number of H-pyrrole nitrogens is 4. The van der Waals surface area contributed by atoms with Crippen LogP contribution in [0.3, 0.4) is 0 Å². The maximum atomic E-state index is 12.6. The molecule has 0 amide bonds. The molecule has 0 aliphatic rings. The summed E-state index contributed by atoms with van der Waals surface area (Å²) in [4.78, 5) is 37.6. The summed E-state index contributed by atoms with van der Waals surface area (Å²) < 4.78 is 5.56. The summed E-state index contributed by atoms with van der Waals surface area (Å²) >= 11 is 0. The Morgan fingerprint density at radius 1 is 0.806 bits per heavy atom. The van der Waals surface area contributed by atoms with Gasteiger partial charge in [-0.15, -0.1) is 0 Å². The third-order valence-electron chi connectivity index (χ3n) is 5.29. The molecule has 0 fully saturated rings. The van der Waals surface area contributed by atoms with E-state index < -0.39 is 11.9 Å². The van der Waals surface area contributed by atoms with E-state index in [1.54, 1.807) is 50.2 Å². The lowest BCUT2D eigenvalue weighted by Gasteiger charge is -2.17. The number of carbonyl (C=O) groups is 1. The van der Waals surface area contributed by atoms with Gasteiger partial charge in [0.2, 0.25) is 0 Å². The number of hydrogen-bond acceptors (Lipinski definition) is 4. The van der Waals surface area contributed by atoms with Crippen LogP contribution in [0.5, 0.6) is 5.75 Å². The fraction of sp³-hybridized carbons (Fsp3) is 0.174. The first-order chi connectivity index (χ1) is 14.8. The normalized spacial score (nSPS) is 11.1. The number of ether oxygens (including phenoxy) is 1. The summed E-state index contributed by atoms with van der Waals surface area (Å²) in [7, 11) is 0. The molecular formula is C23H22N4O4. The summed E-state index contributed by atoms with van der Waals surface area (Å²) in [5.74, 6) is -0.814. The van der Waals surface area contributed by atoms with Crippen molar-refractivity contribution in [1.29, 1.82) is 0 Å². The Hall–Kier alpha value is -4.07. The topological polar surface area (TPSA) is 124 Å². The molecule has 4 aromatic rings. The first-order valence-corrected chi connectivity index (χ1v) is 9.78. The zero-order chi connectivity index (χ0) is 22.1. The standard InChI is InChI=1S/C23H22N4O4/c1-12-7-9-15(10-8-12)23(30)31-17-6-4-5-16(11-17)20(18-13(2)24-26-21(18)28)19-14(3)25-27-22(19)29/h4-11,20H,1-3H3,(H2,24,26,28)(H2,25,27,29). The minimum absolute atomic E-state index is 0.315. The molecule has 0 spiro atoms. The molecule has 0 radical (unpaired) electrons. The molecule has 0 saturated heterocycles. The number of aromatic nitrogens is 4. The number of aryl methyl sites for hydroxylation is 3. The van der Waals surface area contributed by atoms with E-state index in [0.29, 0.717) is 39.4 Å². The van der Waals surface area contributed by atoms with Gasteiger partial charge in [0.1, 0.15) is 5.75 Å². The Kier molecular flexibility index (Phi) is 5.21. The van der Waals surface area contributed by atoms with E-state index in [-0.39, 0.29) is 11.1 Å². The predicted molar refractivity (Wildman–Crippen MR) is 116 cm³/mol. The van der Waals surface area contributed by atoms with E-state index in [4.69, 9.17) is 4.74 Å². The van der Waals surface area contributed by atoms with Crippen molar-refractivity contribution in [2.45, 2.75) is 26.7 Å². The molecule has 0 atom stereocenters. The van der Waals surface area contributed by atoms with Gasteiger partial charge in [0.05, 0.1) is 16.7 Å². The van der Waals surface area contributed by atoms with Gasteiger partial charge in [-0.3, -0.25) is 19.8 Å². The van der Waals surface area contributed by atoms with E-state index in [1.807, 2.05) is 19.1 Å². The number of benzene rings is 2. The molecule has 8 heteroatoms. The molecule has 8 nitrogen and oxygen atoms in total. The molecule has 0 bridgehead atoms. The van der Waals surface area contributed by atoms with Gasteiger partial charge in [0, 0.05) is 17.3 Å². The van der Waals surface area contributed by atoms with Crippen molar-refractivity contribution in [3.8, 4) is 5.75 Å². The quantitative estimate of drug-likeness (QED) is 0.294. The minimum Gasteiger partial charge on any atom is -0.423 e. The number of aromatic amines is 4. The first kappa shape index (κ1) is 20.2. The van der Waals surface area contributed by atoms with Crippen molar-refractivity contribution in [2.24, 2.45) is 0 Å². The Morgan fingerprint density at radius 3 is 1.90 bits per heavy atom. The highest BCUT2D eigenvalue weighted by atomic mass is 16.5. The second-order valence-corrected chi connectivity index (χ2v) is 7.50. The van der Waals surface area contributed by atoms with E-state index in [2.05, 4.69) is 20.4 Å². The highest BCUT2D eigenvalue weighted by molar-refractivity contribution is 5.91. The Labute approximate surface area is 177 Å². The molecule has 4 N–H and O–H groups in total. The van der Waals surface area contributed by atoms with Crippen molar-refractivity contribution >= 4 is 5.97 Å². The van der Waals surface area contributed by atoms with E-state index >= 15 is 0 Å². The van der Waals surface area contributed by atoms with E-state index in [0.717, 1.165) is 5.56 Å². The number of rotatable bonds is 5. The van der Waals surface area contributed by atoms with Gasteiger partial charge in [0.25, 0.3) is 11.1 Å². The maximum Gasteiger partial charge on any atom is 0.343 e. The van der Waals surface area contributed by atoms with Crippen LogP contribution < -0.4 is 15.9 Å². The fourth-order valence-electron chi connectivity index (χ4n) is 3.70. The molecule has 0 aliphatic heterocycles. The van der Waals surface area contributed by atoms with Gasteiger partial charge in [-0.05, 0) is 50.6 Å². The van der Waals surface area contributed by atoms with Crippen LogP contribution in [0.4, 0.5) is 0 Å². The molecule has 0 aliphatic carbocycles. The lowest BCUT2D eigenvalue weighted by molar-refractivity contribution is 0.0734. The van der Waals surface area contributed by atoms with Crippen LogP contribution in [0.1, 0.15) is 49.9 Å². The van der Waals surface area contributed by atoms with Crippen LogP contribution in [0.2, 0.25) is 0 Å². The van der Waals surface area contributed by atoms with Crippen molar-refractivity contribution in [3.05, 3.63) is 108 Å². The smallest absolute Gasteiger partial charge is 0.343 e. The van der Waals surface area contributed by atoms with Crippen molar-refractivity contribution in [2.75, 3.05) is 0 Å². The van der Waals surface area contributed by atoms with Gasteiger partial charge in [-0.1, -0.05) is 29.8 Å². The van der Waals surface area contributed by atoms with E-state index in [1.165, 1.54) is 0 Å². The van der Waals surface area contributed by atoms with Gasteiger partial charge >= 0.3 is 5.97 Å². The number of hydrogen-bond donors (Lipinski definition) is 4. The SMILES string of the molecule is Cc1ccc(C(=O)Oc2cccc(C(c3c(C)[nH][nH]c3=O)c3c(C)[nH][nH]c3=O)c2)cc1. The summed E-state index contributed by atoms with van der Waals surface area (Å²) in [6, 6.07) is 13.9. The van der Waals surface area contributed by atoms with Crippen LogP contribution in [0.25, 0.3) is 0 Å². The number of nitrogens with one attached hydrogen (secondary N) is 4. The average Bonchev–Trinajstić information content (AvgIpc) is 3.25. The maximum absolute atomic E-state index is 12.6. The first-order valence-electron chi connectivity index (χ1n) is 9.78. The molecule has 31 heavy (non-hydrogen) atoms. The van der Waals surface area contributed by atoms with Gasteiger partial charge in [-0.2, -0.15) is 0 Å². The van der Waals surface area contributed by atoms with Crippen molar-refractivity contribution in [1.82, 2.24) is 20.4 Å². The van der Waals surface area contributed by atoms with Crippen LogP contribution >= 0.6 is 0 Å². The van der Waals surface area contributed by atoms with Crippen LogP contribution in [0.15, 0.2) is 58.1 Å². The highest BCUT2D eigenvalue weighted by Gasteiger charge is 2.28. The summed E-state index contributed by atoms with van der Waals surface area (Å²) in [6.45, 7) is 5.46. The summed E-state index contributed by atoms with van der Waals surface area (Å²) in [5.41, 5.74) is 3.59. The molecule has 0 saturated carbocycles. The Balaban J connectivity index is 1.77. The Bertz CT molecular complexity index is 1300. The monoisotopic (exact) mass is 418 g/mol. The second-order valence-electron chi connectivity index (χ2n) is 7.50. The lowest BCUT2D eigenvalue weighted by atomic mass is 9.85. The summed E-state index contributed by atoms with van der Waals surface area (Å²) in [6.07, 6.45) is 0. The lowest BCUT2D eigenvalue weighted by Crippen LogP contribution is -2.20. The van der Waals surface area contributed by atoms with Gasteiger partial charge < -0.3 is 14.9 Å². The average molecular weight is 418 g/mol. The fourth-order valence-corrected chi connectivity index (χ4v) is 3.70. The molecule has 158 valence electrons. The molecule has 2 aromatic carbocycles. The van der Waals surface area contributed by atoms with Gasteiger partial charge in [0.15, 0.2) is 0 Å². The third-order valence-corrected chi connectivity index (χ3v) is 5.29.